The molecule has 0 unspecified atom stereocenters. The summed E-state index contributed by atoms with van der Waals surface area (Å²) < 4.78 is 15.1. The molecule has 0 N–H and O–H groups in total. The predicted molar refractivity (Wildman–Crippen MR) is 70.3 cm³/mol. The zero-order valence-electron chi connectivity index (χ0n) is 12.5. The Bertz CT molecular complexity index is 540. The summed E-state index contributed by atoms with van der Waals surface area (Å²) in [6.07, 6.45) is 1.53. The van der Waals surface area contributed by atoms with Crippen molar-refractivity contribution in [3.8, 4) is 0 Å². The van der Waals surface area contributed by atoms with Crippen molar-refractivity contribution in [3.05, 3.63) is 0 Å². The maximum atomic E-state index is 12.6. The van der Waals surface area contributed by atoms with E-state index in [4.69, 9.17) is 14.2 Å². The normalized spacial score (nSPS) is 39.7. The van der Waals surface area contributed by atoms with E-state index in [9.17, 15) is 19.2 Å². The van der Waals surface area contributed by atoms with Gasteiger partial charge in [-0.1, -0.05) is 6.42 Å². The van der Waals surface area contributed by atoms with Gasteiger partial charge in [-0.25, -0.2) is 0 Å². The van der Waals surface area contributed by atoms with Gasteiger partial charge in [0.1, 0.15) is 5.92 Å². The van der Waals surface area contributed by atoms with Gasteiger partial charge in [-0.15, -0.1) is 0 Å². The fourth-order valence-corrected chi connectivity index (χ4v) is 4.42. The zero-order chi connectivity index (χ0) is 16.1. The lowest BCUT2D eigenvalue weighted by molar-refractivity contribution is -0.233. The summed E-state index contributed by atoms with van der Waals surface area (Å²) in [5.74, 6) is -4.86. The topological polar surface area (TPSA) is 96.0 Å². The molecular formula is C15H18O7. The molecule has 4 aliphatic rings. The van der Waals surface area contributed by atoms with E-state index >= 15 is 0 Å². The molecule has 7 nitrogen and oxygen atoms in total. The Morgan fingerprint density at radius 3 is 2.45 bits per heavy atom. The van der Waals surface area contributed by atoms with Crippen LogP contribution in [-0.2, 0) is 33.4 Å². The van der Waals surface area contributed by atoms with Gasteiger partial charge in [-0.05, 0) is 12.8 Å². The first-order valence-corrected chi connectivity index (χ1v) is 7.39. The van der Waals surface area contributed by atoms with Gasteiger partial charge in [0.05, 0.1) is 26.1 Å². The average molecular weight is 310 g/mol. The van der Waals surface area contributed by atoms with Gasteiger partial charge >= 0.3 is 17.9 Å². The van der Waals surface area contributed by atoms with Gasteiger partial charge in [-0.3, -0.25) is 19.2 Å². The molecule has 120 valence electrons. The Kier molecular flexibility index (Phi) is 3.45. The Labute approximate surface area is 127 Å². The minimum atomic E-state index is -1.56. The standard InChI is InChI=1S/C15H18O7/c1-20-13(18)9-5-3-4-8-11(14(19)21-2)7-6-10(16)15(8,9)22-12(7)17/h7-9,11H,3-6H2,1-2H3/t7-,8-,9+,11+,15+/m0/s1. The third-order valence-electron chi connectivity index (χ3n) is 5.32. The maximum Gasteiger partial charge on any atom is 0.313 e. The molecule has 0 amide bonds. The number of Topliss-reactive ketones (excluding diaryl/α,β-unsaturated/α-hetero) is 1. The molecular weight excluding hydrogens is 292 g/mol. The van der Waals surface area contributed by atoms with Crippen molar-refractivity contribution >= 4 is 23.7 Å². The summed E-state index contributed by atoms with van der Waals surface area (Å²) >= 11 is 0. The molecule has 2 aliphatic carbocycles. The molecule has 2 heterocycles. The number of carbonyl (C=O) groups excluding carboxylic acids is 4. The van der Waals surface area contributed by atoms with Crippen LogP contribution < -0.4 is 0 Å². The van der Waals surface area contributed by atoms with Crippen LogP contribution >= 0.6 is 0 Å². The van der Waals surface area contributed by atoms with Crippen molar-refractivity contribution in [2.75, 3.05) is 14.2 Å². The summed E-state index contributed by atoms with van der Waals surface area (Å²) in [5, 5.41) is 0. The second-order valence-electron chi connectivity index (χ2n) is 6.11. The number of ether oxygens (including phenoxy) is 3. The number of hydrogen-bond acceptors (Lipinski definition) is 7. The Morgan fingerprint density at radius 2 is 1.82 bits per heavy atom. The molecule has 2 saturated heterocycles. The molecule has 4 rings (SSSR count). The lowest BCUT2D eigenvalue weighted by Crippen LogP contribution is -2.71. The van der Waals surface area contributed by atoms with Crippen LogP contribution in [0.25, 0.3) is 0 Å². The van der Waals surface area contributed by atoms with E-state index in [1.165, 1.54) is 14.2 Å². The van der Waals surface area contributed by atoms with Crippen LogP contribution in [0.1, 0.15) is 25.7 Å². The van der Waals surface area contributed by atoms with E-state index in [0.717, 1.165) is 0 Å². The number of carbonyl (C=O) groups is 4. The summed E-state index contributed by atoms with van der Waals surface area (Å²) in [5.41, 5.74) is -1.56. The number of methoxy groups -OCH3 is 2. The van der Waals surface area contributed by atoms with Gasteiger partial charge in [0.2, 0.25) is 0 Å². The van der Waals surface area contributed by atoms with Gasteiger partial charge < -0.3 is 14.2 Å². The lowest BCUT2D eigenvalue weighted by Gasteiger charge is -2.56. The van der Waals surface area contributed by atoms with Crippen molar-refractivity contribution < 1.29 is 33.4 Å². The van der Waals surface area contributed by atoms with E-state index in [0.29, 0.717) is 19.3 Å². The Balaban J connectivity index is 2.10. The quantitative estimate of drug-likeness (QED) is 0.533. The Morgan fingerprint density at radius 1 is 1.14 bits per heavy atom. The highest BCUT2D eigenvalue weighted by Gasteiger charge is 2.71. The summed E-state index contributed by atoms with van der Waals surface area (Å²) in [6.45, 7) is 0. The summed E-state index contributed by atoms with van der Waals surface area (Å²) in [4.78, 5) is 49.1. The van der Waals surface area contributed by atoms with Crippen LogP contribution in [0.15, 0.2) is 0 Å². The second-order valence-corrected chi connectivity index (χ2v) is 6.11. The molecule has 0 aromatic rings. The van der Waals surface area contributed by atoms with Crippen molar-refractivity contribution in [2.45, 2.75) is 31.3 Å². The van der Waals surface area contributed by atoms with Crippen molar-refractivity contribution in [1.82, 2.24) is 0 Å². The minimum absolute atomic E-state index is 0.0808. The van der Waals surface area contributed by atoms with E-state index in [1.54, 1.807) is 0 Å². The van der Waals surface area contributed by atoms with Crippen molar-refractivity contribution in [3.63, 3.8) is 0 Å². The van der Waals surface area contributed by atoms with E-state index in [2.05, 4.69) is 0 Å². The van der Waals surface area contributed by atoms with Crippen LogP contribution in [0.3, 0.4) is 0 Å². The number of ketones is 1. The fourth-order valence-electron chi connectivity index (χ4n) is 4.42. The van der Waals surface area contributed by atoms with Crippen LogP contribution in [0.5, 0.6) is 0 Å². The highest BCUT2D eigenvalue weighted by molar-refractivity contribution is 6.03. The van der Waals surface area contributed by atoms with Gasteiger partial charge in [0, 0.05) is 12.3 Å². The molecule has 2 saturated carbocycles. The van der Waals surface area contributed by atoms with Crippen molar-refractivity contribution in [2.24, 2.45) is 23.7 Å². The first-order valence-electron chi connectivity index (χ1n) is 7.39. The highest BCUT2D eigenvalue weighted by atomic mass is 16.6. The summed E-state index contributed by atoms with van der Waals surface area (Å²) in [6, 6.07) is 0. The molecule has 0 radical (unpaired) electrons. The molecule has 7 heteroatoms. The van der Waals surface area contributed by atoms with Crippen LogP contribution in [0.2, 0.25) is 0 Å². The predicted octanol–water partition coefficient (Wildman–Crippen LogP) is 0.249. The van der Waals surface area contributed by atoms with Crippen LogP contribution in [0, 0.1) is 23.7 Å². The zero-order valence-corrected chi connectivity index (χ0v) is 12.5. The highest BCUT2D eigenvalue weighted by Crippen LogP contribution is 2.56. The van der Waals surface area contributed by atoms with Crippen LogP contribution in [-0.4, -0.2) is 43.5 Å². The van der Waals surface area contributed by atoms with E-state index in [-0.39, 0.29) is 12.2 Å². The first-order chi connectivity index (χ1) is 10.5. The minimum Gasteiger partial charge on any atom is -0.469 e. The molecule has 4 fully saturated rings. The molecule has 0 aromatic heterocycles. The molecule has 22 heavy (non-hydrogen) atoms. The molecule has 2 bridgehead atoms. The average Bonchev–Trinajstić information content (AvgIpc) is 2.52. The third kappa shape index (κ3) is 1.74. The monoisotopic (exact) mass is 310 g/mol. The fraction of sp³-hybridized carbons (Fsp3) is 0.733. The Hall–Kier alpha value is -1.92. The number of rotatable bonds is 2. The number of fused-ring (bicyclic) bond motifs is 2. The number of hydrogen-bond donors (Lipinski definition) is 0. The van der Waals surface area contributed by atoms with Crippen molar-refractivity contribution in [1.29, 1.82) is 0 Å². The van der Waals surface area contributed by atoms with E-state index < -0.39 is 47.2 Å². The second kappa shape index (κ2) is 5.07. The molecule has 5 atom stereocenters. The molecule has 2 aliphatic heterocycles. The molecule has 0 aromatic carbocycles. The van der Waals surface area contributed by atoms with E-state index in [1.807, 2.05) is 0 Å². The largest absolute Gasteiger partial charge is 0.469 e. The maximum absolute atomic E-state index is 12.6. The number of esters is 3. The van der Waals surface area contributed by atoms with Gasteiger partial charge in [-0.2, -0.15) is 0 Å². The van der Waals surface area contributed by atoms with Gasteiger partial charge in [0.15, 0.2) is 11.4 Å². The van der Waals surface area contributed by atoms with Crippen LogP contribution in [0.4, 0.5) is 0 Å². The summed E-state index contributed by atoms with van der Waals surface area (Å²) in [7, 11) is 2.49. The first kappa shape index (κ1) is 15.0. The SMILES string of the molecule is COC(=O)[C@@H]1[C@@H]2CC(=O)[C@]3(OC2=O)[C@@H](C(=O)OC)CCC[C@@H]13. The van der Waals surface area contributed by atoms with Gasteiger partial charge in [0.25, 0.3) is 0 Å². The lowest BCUT2D eigenvalue weighted by atomic mass is 9.53. The third-order valence-corrected chi connectivity index (χ3v) is 5.32. The molecule has 1 spiro atoms. The smallest absolute Gasteiger partial charge is 0.313 e.